The van der Waals surface area contributed by atoms with Gasteiger partial charge in [-0.2, -0.15) is 0 Å². The zero-order valence-corrected chi connectivity index (χ0v) is 12.1. The molecule has 19 heavy (non-hydrogen) atoms. The highest BCUT2D eigenvalue weighted by molar-refractivity contribution is 7.89. The zero-order chi connectivity index (χ0) is 13.7. The summed E-state index contributed by atoms with van der Waals surface area (Å²) < 4.78 is 32.0. The molecule has 2 rings (SSSR count). The van der Waals surface area contributed by atoms with E-state index in [-0.39, 0.29) is 5.09 Å². The van der Waals surface area contributed by atoms with Gasteiger partial charge in [0, 0.05) is 6.54 Å². The van der Waals surface area contributed by atoms with Crippen molar-refractivity contribution in [2.45, 2.75) is 44.2 Å². The molecule has 0 saturated heterocycles. The van der Waals surface area contributed by atoms with E-state index in [9.17, 15) is 8.42 Å². The van der Waals surface area contributed by atoms with Crippen molar-refractivity contribution in [3.8, 4) is 0 Å². The minimum atomic E-state index is -3.49. The monoisotopic (exact) mass is 286 g/mol. The van der Waals surface area contributed by atoms with Gasteiger partial charge >= 0.3 is 0 Å². The molecule has 1 aromatic heterocycles. The first kappa shape index (κ1) is 14.6. The lowest BCUT2D eigenvalue weighted by Crippen LogP contribution is -2.32. The van der Waals surface area contributed by atoms with E-state index in [1.54, 1.807) is 6.07 Å². The molecule has 5 nitrogen and oxygen atoms in total. The van der Waals surface area contributed by atoms with Crippen LogP contribution in [-0.2, 0) is 16.6 Å². The highest BCUT2D eigenvalue weighted by Gasteiger charge is 2.23. The number of nitrogens with one attached hydrogen (secondary N) is 2. The third-order valence-corrected chi connectivity index (χ3v) is 4.71. The van der Waals surface area contributed by atoms with Crippen molar-refractivity contribution in [1.82, 2.24) is 10.0 Å². The molecule has 1 aliphatic rings. The van der Waals surface area contributed by atoms with Gasteiger partial charge in [0.05, 0.1) is 6.54 Å². The smallest absolute Gasteiger partial charge is 0.273 e. The second-order valence-electron chi connectivity index (χ2n) is 5.05. The summed E-state index contributed by atoms with van der Waals surface area (Å²) in [6, 6.07) is 3.23. The third-order valence-electron chi connectivity index (χ3n) is 3.41. The van der Waals surface area contributed by atoms with Gasteiger partial charge in [-0.25, -0.2) is 13.1 Å². The third kappa shape index (κ3) is 4.06. The Hall–Kier alpha value is -0.850. The van der Waals surface area contributed by atoms with Crippen LogP contribution in [0.15, 0.2) is 21.6 Å². The van der Waals surface area contributed by atoms with Crippen molar-refractivity contribution >= 4 is 10.0 Å². The summed E-state index contributed by atoms with van der Waals surface area (Å²) in [6.45, 7) is 4.05. The summed E-state index contributed by atoms with van der Waals surface area (Å²) in [5.74, 6) is 1.15. The lowest BCUT2D eigenvalue weighted by molar-refractivity contribution is 0.314. The Labute approximate surface area is 114 Å². The molecule has 0 atom stereocenters. The summed E-state index contributed by atoms with van der Waals surface area (Å²) >= 11 is 0. The molecular formula is C13H22N2O3S. The number of hydrogen-bond acceptors (Lipinski definition) is 4. The fraction of sp³-hybridized carbons (Fsp3) is 0.692. The number of sulfonamides is 1. The van der Waals surface area contributed by atoms with Crippen LogP contribution in [0.1, 0.15) is 38.4 Å². The van der Waals surface area contributed by atoms with Crippen LogP contribution >= 0.6 is 0 Å². The predicted molar refractivity (Wildman–Crippen MR) is 73.2 cm³/mol. The Bertz CT molecular complexity index is 492. The molecule has 0 aliphatic heterocycles. The molecular weight excluding hydrogens is 264 g/mol. The lowest BCUT2D eigenvalue weighted by Gasteiger charge is -2.24. The summed E-state index contributed by atoms with van der Waals surface area (Å²) in [5.41, 5.74) is 0. The predicted octanol–water partition coefficient (Wildman–Crippen LogP) is 1.86. The van der Waals surface area contributed by atoms with E-state index in [2.05, 4.69) is 17.0 Å². The molecule has 1 saturated carbocycles. The van der Waals surface area contributed by atoms with Crippen LogP contribution in [0.4, 0.5) is 0 Å². The first-order valence-electron chi connectivity index (χ1n) is 6.91. The lowest BCUT2D eigenvalue weighted by atomic mass is 9.86. The fourth-order valence-electron chi connectivity index (χ4n) is 1.98. The van der Waals surface area contributed by atoms with Gasteiger partial charge in [0.1, 0.15) is 5.76 Å². The molecule has 0 aromatic carbocycles. The molecule has 0 amide bonds. The summed E-state index contributed by atoms with van der Waals surface area (Å²) in [4.78, 5) is 0. The van der Waals surface area contributed by atoms with Gasteiger partial charge in [-0.1, -0.05) is 13.3 Å². The van der Waals surface area contributed by atoms with Crippen molar-refractivity contribution in [3.63, 3.8) is 0 Å². The molecule has 2 N–H and O–H groups in total. The van der Waals surface area contributed by atoms with Crippen LogP contribution in [0.25, 0.3) is 0 Å². The summed E-state index contributed by atoms with van der Waals surface area (Å²) in [7, 11) is -3.49. The van der Waals surface area contributed by atoms with E-state index in [4.69, 9.17) is 4.42 Å². The Morgan fingerprint density at radius 2 is 2.16 bits per heavy atom. The highest BCUT2D eigenvalue weighted by atomic mass is 32.2. The van der Waals surface area contributed by atoms with Crippen LogP contribution in [0.2, 0.25) is 0 Å². The maximum Gasteiger partial charge on any atom is 0.273 e. The van der Waals surface area contributed by atoms with Crippen LogP contribution < -0.4 is 10.0 Å². The second kappa shape index (κ2) is 6.54. The van der Waals surface area contributed by atoms with Crippen molar-refractivity contribution in [1.29, 1.82) is 0 Å². The second-order valence-corrected chi connectivity index (χ2v) is 6.74. The van der Waals surface area contributed by atoms with Crippen molar-refractivity contribution in [2.75, 3.05) is 13.1 Å². The van der Waals surface area contributed by atoms with Gasteiger partial charge in [0.2, 0.25) is 5.09 Å². The van der Waals surface area contributed by atoms with Gasteiger partial charge < -0.3 is 9.73 Å². The van der Waals surface area contributed by atoms with Crippen molar-refractivity contribution in [2.24, 2.45) is 5.92 Å². The fourth-order valence-corrected chi connectivity index (χ4v) is 3.04. The average Bonchev–Trinajstić information content (AvgIpc) is 2.76. The van der Waals surface area contributed by atoms with E-state index in [0.29, 0.717) is 24.8 Å². The first-order valence-corrected chi connectivity index (χ1v) is 8.39. The van der Waals surface area contributed by atoms with Gasteiger partial charge in [0.15, 0.2) is 0 Å². The van der Waals surface area contributed by atoms with Gasteiger partial charge in [-0.15, -0.1) is 0 Å². The number of hydrogen-bond donors (Lipinski definition) is 2. The van der Waals surface area contributed by atoms with E-state index in [0.717, 1.165) is 25.8 Å². The normalized spacial score (nSPS) is 16.5. The van der Waals surface area contributed by atoms with E-state index in [1.165, 1.54) is 12.5 Å². The molecule has 0 bridgehead atoms. The van der Waals surface area contributed by atoms with E-state index < -0.39 is 10.0 Å². The zero-order valence-electron chi connectivity index (χ0n) is 11.3. The quantitative estimate of drug-likeness (QED) is 0.716. The van der Waals surface area contributed by atoms with E-state index in [1.807, 2.05) is 0 Å². The largest absolute Gasteiger partial charge is 0.447 e. The molecule has 0 radical (unpaired) electrons. The summed E-state index contributed by atoms with van der Waals surface area (Å²) in [6.07, 6.45) is 4.48. The van der Waals surface area contributed by atoms with Crippen LogP contribution in [0, 0.1) is 5.92 Å². The van der Waals surface area contributed by atoms with Crippen LogP contribution in [-0.4, -0.2) is 21.5 Å². The molecule has 108 valence electrons. The maximum absolute atomic E-state index is 12.0. The van der Waals surface area contributed by atoms with Gasteiger partial charge in [-0.05, 0) is 43.9 Å². The minimum absolute atomic E-state index is 0.0140. The molecule has 1 aromatic rings. The topological polar surface area (TPSA) is 71.3 Å². The molecule has 0 unspecified atom stereocenters. The van der Waals surface area contributed by atoms with Gasteiger partial charge in [0.25, 0.3) is 10.0 Å². The summed E-state index contributed by atoms with van der Waals surface area (Å²) in [5, 5.41) is 3.19. The molecule has 6 heteroatoms. The molecule has 1 heterocycles. The van der Waals surface area contributed by atoms with Crippen LogP contribution in [0.3, 0.4) is 0 Å². The number of rotatable bonds is 8. The van der Waals surface area contributed by atoms with Gasteiger partial charge in [-0.3, -0.25) is 0 Å². The molecule has 0 spiro atoms. The molecule has 1 fully saturated rings. The number of furan rings is 1. The average molecular weight is 286 g/mol. The van der Waals surface area contributed by atoms with Crippen molar-refractivity contribution < 1.29 is 12.8 Å². The first-order chi connectivity index (χ1) is 9.12. The SMILES string of the molecule is CCCNCc1ccc(S(=O)(=O)NCC2CCC2)o1. The Morgan fingerprint density at radius 3 is 2.79 bits per heavy atom. The standard InChI is InChI=1S/C13H22N2O3S/c1-2-8-14-10-12-6-7-13(18-12)19(16,17)15-9-11-4-3-5-11/h6-7,11,14-15H,2-5,8-10H2,1H3. The van der Waals surface area contributed by atoms with Crippen molar-refractivity contribution in [3.05, 3.63) is 17.9 Å². The molecule has 1 aliphatic carbocycles. The Kier molecular flexibility index (Phi) is 5.01. The minimum Gasteiger partial charge on any atom is -0.447 e. The maximum atomic E-state index is 12.0. The Balaban J connectivity index is 1.88. The highest BCUT2D eigenvalue weighted by Crippen LogP contribution is 2.25. The Morgan fingerprint density at radius 1 is 1.37 bits per heavy atom. The van der Waals surface area contributed by atoms with Crippen LogP contribution in [0.5, 0.6) is 0 Å². The van der Waals surface area contributed by atoms with E-state index >= 15 is 0 Å².